The fourth-order valence-electron chi connectivity index (χ4n) is 4.22. The Morgan fingerprint density at radius 3 is 2.21 bits per heavy atom. The van der Waals surface area contributed by atoms with Crippen LogP contribution in [-0.2, 0) is 26.2 Å². The molecule has 39 heavy (non-hydrogen) atoms. The van der Waals surface area contributed by atoms with Gasteiger partial charge in [0.1, 0.15) is 18.4 Å². The summed E-state index contributed by atoms with van der Waals surface area (Å²) in [5.74, 6) is -1.37. The highest BCUT2D eigenvalue weighted by Gasteiger charge is 2.34. The van der Waals surface area contributed by atoms with Crippen molar-refractivity contribution in [1.82, 2.24) is 10.2 Å². The van der Waals surface area contributed by atoms with Crippen LogP contribution >= 0.6 is 11.6 Å². The Labute approximate surface area is 234 Å². The van der Waals surface area contributed by atoms with Gasteiger partial charge in [0.15, 0.2) is 0 Å². The molecule has 0 radical (unpaired) electrons. The molecule has 2 amide bonds. The molecule has 0 aliphatic rings. The Morgan fingerprint density at radius 2 is 1.64 bits per heavy atom. The Morgan fingerprint density at radius 1 is 1.00 bits per heavy atom. The number of nitrogens with one attached hydrogen (secondary N) is 1. The van der Waals surface area contributed by atoms with E-state index in [2.05, 4.69) is 5.32 Å². The molecule has 1 N–H and O–H groups in total. The zero-order valence-corrected chi connectivity index (χ0v) is 24.0. The predicted octanol–water partition coefficient (Wildman–Crippen LogP) is 5.31. The lowest BCUT2D eigenvalue weighted by molar-refractivity contribution is -0.140. The zero-order chi connectivity index (χ0) is 28.7. The van der Waals surface area contributed by atoms with Crippen molar-refractivity contribution in [3.63, 3.8) is 0 Å². The number of aryl methyl sites for hydroxylation is 1. The molecular formula is C29H33ClFN3O4S. The second-order valence-electron chi connectivity index (χ2n) is 9.49. The first-order valence-corrected chi connectivity index (χ1v) is 14.4. The van der Waals surface area contributed by atoms with Gasteiger partial charge in [-0.15, -0.1) is 0 Å². The van der Waals surface area contributed by atoms with Crippen molar-refractivity contribution in [3.05, 3.63) is 94.8 Å². The lowest BCUT2D eigenvalue weighted by Gasteiger charge is -2.34. The van der Waals surface area contributed by atoms with Gasteiger partial charge in [-0.25, -0.2) is 12.8 Å². The molecule has 0 spiro atoms. The minimum atomic E-state index is -4.18. The monoisotopic (exact) mass is 573 g/mol. The molecule has 1 unspecified atom stereocenters. The van der Waals surface area contributed by atoms with Crippen LogP contribution in [0.3, 0.4) is 0 Å². The SMILES string of the molecule is CCC(C(=O)NC(C)C)N(Cc1ccc(F)cc1)C(=O)CN(c1ccc(Cl)cc1C)S(=O)(=O)c1ccccc1. The van der Waals surface area contributed by atoms with Gasteiger partial charge in [0.2, 0.25) is 11.8 Å². The quantitative estimate of drug-likeness (QED) is 0.337. The van der Waals surface area contributed by atoms with Crippen LogP contribution in [0.15, 0.2) is 77.7 Å². The Balaban J connectivity index is 2.08. The normalized spacial score (nSPS) is 12.2. The Bertz CT molecular complexity index is 1400. The summed E-state index contributed by atoms with van der Waals surface area (Å²) in [6, 6.07) is 17.1. The summed E-state index contributed by atoms with van der Waals surface area (Å²) in [5.41, 5.74) is 1.45. The van der Waals surface area contributed by atoms with Gasteiger partial charge in [0.25, 0.3) is 10.0 Å². The fourth-order valence-corrected chi connectivity index (χ4v) is 5.94. The van der Waals surface area contributed by atoms with Crippen molar-refractivity contribution in [3.8, 4) is 0 Å². The highest BCUT2D eigenvalue weighted by atomic mass is 35.5. The summed E-state index contributed by atoms with van der Waals surface area (Å²) in [7, 11) is -4.18. The van der Waals surface area contributed by atoms with Gasteiger partial charge in [-0.1, -0.05) is 48.9 Å². The summed E-state index contributed by atoms with van der Waals surface area (Å²) in [6.07, 6.45) is 0.289. The van der Waals surface area contributed by atoms with Crippen LogP contribution in [0.25, 0.3) is 0 Å². The second-order valence-corrected chi connectivity index (χ2v) is 11.8. The highest BCUT2D eigenvalue weighted by Crippen LogP contribution is 2.29. The Hall–Kier alpha value is -3.43. The third-order valence-electron chi connectivity index (χ3n) is 6.12. The molecule has 0 saturated heterocycles. The Kier molecular flexibility index (Phi) is 10.1. The predicted molar refractivity (Wildman–Crippen MR) is 151 cm³/mol. The third-order valence-corrected chi connectivity index (χ3v) is 8.13. The van der Waals surface area contributed by atoms with E-state index in [-0.39, 0.29) is 35.5 Å². The van der Waals surface area contributed by atoms with Gasteiger partial charge in [-0.05, 0) is 80.8 Å². The van der Waals surface area contributed by atoms with Crippen LogP contribution in [0.2, 0.25) is 5.02 Å². The maximum atomic E-state index is 14.0. The molecule has 7 nitrogen and oxygen atoms in total. The van der Waals surface area contributed by atoms with Crippen LogP contribution < -0.4 is 9.62 Å². The molecule has 3 rings (SSSR count). The van der Waals surface area contributed by atoms with E-state index in [1.54, 1.807) is 50.2 Å². The van der Waals surface area contributed by atoms with Gasteiger partial charge in [0.05, 0.1) is 10.6 Å². The van der Waals surface area contributed by atoms with Crippen molar-refractivity contribution in [2.75, 3.05) is 10.8 Å². The number of nitrogens with zero attached hydrogens (tertiary/aromatic N) is 2. The highest BCUT2D eigenvalue weighted by molar-refractivity contribution is 7.92. The molecule has 0 fully saturated rings. The van der Waals surface area contributed by atoms with Gasteiger partial charge >= 0.3 is 0 Å². The summed E-state index contributed by atoms with van der Waals surface area (Å²) >= 11 is 6.13. The first-order chi connectivity index (χ1) is 18.4. The number of sulfonamides is 1. The van der Waals surface area contributed by atoms with Crippen LogP contribution in [0, 0.1) is 12.7 Å². The molecule has 10 heteroatoms. The van der Waals surface area contributed by atoms with Crippen molar-refractivity contribution >= 4 is 39.1 Å². The van der Waals surface area contributed by atoms with E-state index >= 15 is 0 Å². The van der Waals surface area contributed by atoms with E-state index in [0.29, 0.717) is 16.1 Å². The molecule has 0 saturated carbocycles. The second kappa shape index (κ2) is 13.1. The molecule has 1 atom stereocenters. The van der Waals surface area contributed by atoms with Gasteiger partial charge < -0.3 is 10.2 Å². The van der Waals surface area contributed by atoms with Crippen LogP contribution in [-0.4, -0.2) is 43.8 Å². The van der Waals surface area contributed by atoms with Gasteiger partial charge in [-0.3, -0.25) is 13.9 Å². The molecule has 3 aromatic rings. The van der Waals surface area contributed by atoms with Gasteiger partial charge in [0, 0.05) is 17.6 Å². The number of halogens is 2. The summed E-state index contributed by atoms with van der Waals surface area (Å²) < 4.78 is 42.3. The van der Waals surface area contributed by atoms with Crippen molar-refractivity contribution in [1.29, 1.82) is 0 Å². The van der Waals surface area contributed by atoms with Crippen LogP contribution in [0.1, 0.15) is 38.3 Å². The minimum Gasteiger partial charge on any atom is -0.352 e. The number of carbonyl (C=O) groups excluding carboxylic acids is 2. The summed E-state index contributed by atoms with van der Waals surface area (Å²) in [5, 5.41) is 3.27. The zero-order valence-electron chi connectivity index (χ0n) is 22.4. The van der Waals surface area contributed by atoms with E-state index in [0.717, 1.165) is 4.31 Å². The summed E-state index contributed by atoms with van der Waals surface area (Å²) in [6.45, 7) is 6.54. The molecule has 0 bridgehead atoms. The minimum absolute atomic E-state index is 0.0119. The average Bonchev–Trinajstić information content (AvgIpc) is 2.88. The molecule has 0 heterocycles. The molecule has 0 aliphatic heterocycles. The number of amides is 2. The number of hydrogen-bond acceptors (Lipinski definition) is 4. The van der Waals surface area contributed by atoms with E-state index in [1.165, 1.54) is 41.3 Å². The van der Waals surface area contributed by atoms with E-state index in [4.69, 9.17) is 11.6 Å². The first-order valence-electron chi connectivity index (χ1n) is 12.6. The lowest BCUT2D eigenvalue weighted by atomic mass is 10.1. The van der Waals surface area contributed by atoms with Gasteiger partial charge in [-0.2, -0.15) is 0 Å². The smallest absolute Gasteiger partial charge is 0.264 e. The largest absolute Gasteiger partial charge is 0.352 e. The maximum absolute atomic E-state index is 14.0. The maximum Gasteiger partial charge on any atom is 0.264 e. The lowest BCUT2D eigenvalue weighted by Crippen LogP contribution is -2.53. The van der Waals surface area contributed by atoms with E-state index in [9.17, 15) is 22.4 Å². The number of benzene rings is 3. The van der Waals surface area contributed by atoms with Crippen molar-refractivity contribution in [2.45, 2.75) is 57.6 Å². The summed E-state index contributed by atoms with van der Waals surface area (Å²) in [4.78, 5) is 28.5. The topological polar surface area (TPSA) is 86.8 Å². The average molecular weight is 574 g/mol. The number of carbonyl (C=O) groups is 2. The van der Waals surface area contributed by atoms with E-state index < -0.39 is 34.3 Å². The number of rotatable bonds is 11. The van der Waals surface area contributed by atoms with Crippen molar-refractivity contribution < 1.29 is 22.4 Å². The van der Waals surface area contributed by atoms with Crippen molar-refractivity contribution in [2.24, 2.45) is 0 Å². The standard InChI is InChI=1S/C29H33ClFN3O4S/c1-5-26(29(36)32-20(2)3)33(18-22-11-14-24(31)15-12-22)28(35)19-34(27-16-13-23(30)17-21(27)4)39(37,38)25-9-7-6-8-10-25/h6-17,20,26H,5,18-19H2,1-4H3,(H,32,36). The first kappa shape index (κ1) is 30.1. The third kappa shape index (κ3) is 7.58. The molecule has 0 aliphatic carbocycles. The van der Waals surface area contributed by atoms with Crippen LogP contribution in [0.4, 0.5) is 10.1 Å². The molecular weight excluding hydrogens is 541 g/mol. The molecule has 208 valence electrons. The fraction of sp³-hybridized carbons (Fsp3) is 0.310. The van der Waals surface area contributed by atoms with E-state index in [1.807, 2.05) is 13.8 Å². The molecule has 0 aromatic heterocycles. The number of hydrogen-bond donors (Lipinski definition) is 1. The number of anilines is 1. The van der Waals surface area contributed by atoms with Crippen LogP contribution in [0.5, 0.6) is 0 Å². The molecule has 3 aromatic carbocycles.